The summed E-state index contributed by atoms with van der Waals surface area (Å²) in [5, 5.41) is 20.7. The Bertz CT molecular complexity index is 573. The molecule has 0 bridgehead atoms. The number of carboxylic acids is 1. The zero-order chi connectivity index (χ0) is 16.2. The number of aliphatic hydroxyl groups is 1. The number of rotatable bonds is 6. The first kappa shape index (κ1) is 16.8. The van der Waals surface area contributed by atoms with Gasteiger partial charge in [-0.2, -0.15) is 0 Å². The first-order valence-corrected chi connectivity index (χ1v) is 6.15. The normalized spacial score (nSPS) is 16.6. The molecule has 0 aliphatic carbocycles. The Morgan fingerprint density at radius 1 is 1.33 bits per heavy atom. The predicted octanol–water partition coefficient (Wildman–Crippen LogP) is -2.14. The lowest BCUT2D eigenvalue weighted by molar-refractivity contribution is -0.142. The van der Waals surface area contributed by atoms with Gasteiger partial charge in [0.25, 0.3) is 0 Å². The Morgan fingerprint density at radius 3 is 2.48 bits per heavy atom. The van der Waals surface area contributed by atoms with E-state index in [4.69, 9.17) is 16.6 Å². The molecule has 1 aromatic heterocycles. The molecular weight excluding hydrogens is 280 g/mol. The second kappa shape index (κ2) is 6.97. The van der Waals surface area contributed by atoms with E-state index in [2.05, 4.69) is 4.98 Å². The van der Waals surface area contributed by atoms with Crippen LogP contribution in [0.4, 0.5) is 0 Å². The molecule has 0 radical (unpaired) electrons. The van der Waals surface area contributed by atoms with Crippen molar-refractivity contribution >= 4 is 11.9 Å². The molecular formula is C12H18N4O5. The third kappa shape index (κ3) is 4.38. The van der Waals surface area contributed by atoms with Crippen LogP contribution in [0.2, 0.25) is 0 Å². The number of nitrogens with two attached hydrogens (primary N) is 2. The first-order valence-electron chi connectivity index (χ1n) is 6.15. The Balaban J connectivity index is 2.77. The number of aromatic nitrogens is 1. The molecule has 9 heteroatoms. The molecule has 1 amide bonds. The summed E-state index contributed by atoms with van der Waals surface area (Å²) in [6.45, 7) is 1.49. The largest absolute Gasteiger partial charge is 0.479 e. The second-order valence-corrected chi connectivity index (χ2v) is 4.62. The number of aliphatic carboxylic acids is 1. The number of pyridine rings is 1. The van der Waals surface area contributed by atoms with Crippen LogP contribution in [0.25, 0.3) is 0 Å². The minimum atomic E-state index is -1.58. The molecule has 1 rings (SSSR count). The number of amides is 1. The Morgan fingerprint density at radius 2 is 1.95 bits per heavy atom. The van der Waals surface area contributed by atoms with Crippen molar-refractivity contribution in [2.24, 2.45) is 17.4 Å². The molecule has 0 saturated carbocycles. The zero-order valence-corrected chi connectivity index (χ0v) is 11.3. The van der Waals surface area contributed by atoms with E-state index in [0.29, 0.717) is 0 Å². The van der Waals surface area contributed by atoms with Gasteiger partial charge in [-0.3, -0.25) is 9.59 Å². The molecule has 116 valence electrons. The van der Waals surface area contributed by atoms with Crippen molar-refractivity contribution in [1.82, 2.24) is 10.3 Å². The average molecular weight is 298 g/mol. The summed E-state index contributed by atoms with van der Waals surface area (Å²) in [5.74, 6) is -2.99. The highest BCUT2D eigenvalue weighted by molar-refractivity contribution is 5.86. The summed E-state index contributed by atoms with van der Waals surface area (Å²) in [5.41, 5.74) is 10.6. The van der Waals surface area contributed by atoms with Gasteiger partial charge in [0, 0.05) is 17.7 Å². The highest BCUT2D eigenvalue weighted by atomic mass is 16.4. The van der Waals surface area contributed by atoms with Gasteiger partial charge in [0.2, 0.25) is 11.5 Å². The molecule has 1 heterocycles. The summed E-state index contributed by atoms with van der Waals surface area (Å²) >= 11 is 0. The van der Waals surface area contributed by atoms with E-state index < -0.39 is 41.7 Å². The fourth-order valence-corrected chi connectivity index (χ4v) is 1.67. The minimum Gasteiger partial charge on any atom is -0.479 e. The van der Waals surface area contributed by atoms with Crippen LogP contribution >= 0.6 is 0 Å². The Kier molecular flexibility index (Phi) is 5.59. The van der Waals surface area contributed by atoms with Gasteiger partial charge < -0.3 is 32.0 Å². The van der Waals surface area contributed by atoms with Crippen molar-refractivity contribution in [3.8, 4) is 0 Å². The molecule has 0 saturated heterocycles. The van der Waals surface area contributed by atoms with Gasteiger partial charge >= 0.3 is 5.97 Å². The third-order valence-electron chi connectivity index (χ3n) is 3.04. The summed E-state index contributed by atoms with van der Waals surface area (Å²) in [6, 6.07) is 3.01. The van der Waals surface area contributed by atoms with Crippen LogP contribution < -0.4 is 22.3 Å². The number of carboxylic acid groups (broad SMARTS) is 1. The molecule has 0 spiro atoms. The highest BCUT2D eigenvalue weighted by Crippen LogP contribution is 2.21. The maximum Gasteiger partial charge on any atom is 0.341 e. The summed E-state index contributed by atoms with van der Waals surface area (Å²) in [7, 11) is 0. The van der Waals surface area contributed by atoms with Gasteiger partial charge in [0.1, 0.15) is 0 Å². The van der Waals surface area contributed by atoms with Crippen molar-refractivity contribution < 1.29 is 19.8 Å². The first-order chi connectivity index (χ1) is 9.73. The predicted molar refractivity (Wildman–Crippen MR) is 72.9 cm³/mol. The standard InChI is InChI=1S/C12H18N4O5/c1-5(8(13)11(19)16-10(14)12(20)21)9(18)6-3-2-4-7(17)15-6/h2-5,8-10,18H,13-14H2,1H3,(H,15,17)(H,16,19)(H,20,21). The van der Waals surface area contributed by atoms with E-state index in [1.165, 1.54) is 25.1 Å². The molecule has 4 atom stereocenters. The molecule has 1 aromatic rings. The minimum absolute atomic E-state index is 0.209. The molecule has 4 unspecified atom stereocenters. The highest BCUT2D eigenvalue weighted by Gasteiger charge is 2.30. The van der Waals surface area contributed by atoms with Crippen molar-refractivity contribution in [3.63, 3.8) is 0 Å². The van der Waals surface area contributed by atoms with Crippen LogP contribution in [0, 0.1) is 5.92 Å². The van der Waals surface area contributed by atoms with Crippen molar-refractivity contribution in [1.29, 1.82) is 0 Å². The monoisotopic (exact) mass is 298 g/mol. The topological polar surface area (TPSA) is 172 Å². The van der Waals surface area contributed by atoms with Crippen LogP contribution in [-0.4, -0.2) is 39.3 Å². The van der Waals surface area contributed by atoms with Gasteiger partial charge in [0.15, 0.2) is 6.17 Å². The number of nitrogens with one attached hydrogen (secondary N) is 2. The van der Waals surface area contributed by atoms with Gasteiger partial charge in [-0.05, 0) is 6.07 Å². The van der Waals surface area contributed by atoms with Gasteiger partial charge in [-0.25, -0.2) is 4.79 Å². The van der Waals surface area contributed by atoms with Crippen molar-refractivity contribution in [2.75, 3.05) is 0 Å². The van der Waals surface area contributed by atoms with Gasteiger partial charge in [0.05, 0.1) is 12.1 Å². The molecule has 8 N–H and O–H groups in total. The molecule has 0 aromatic carbocycles. The lowest BCUT2D eigenvalue weighted by Gasteiger charge is -2.24. The molecule has 21 heavy (non-hydrogen) atoms. The number of carbonyl (C=O) groups is 2. The second-order valence-electron chi connectivity index (χ2n) is 4.62. The van der Waals surface area contributed by atoms with Gasteiger partial charge in [-0.15, -0.1) is 0 Å². The van der Waals surface area contributed by atoms with E-state index in [1.807, 2.05) is 5.32 Å². The summed E-state index contributed by atoms with van der Waals surface area (Å²) < 4.78 is 0. The molecule has 9 nitrogen and oxygen atoms in total. The third-order valence-corrected chi connectivity index (χ3v) is 3.04. The van der Waals surface area contributed by atoms with E-state index in [9.17, 15) is 19.5 Å². The van der Waals surface area contributed by atoms with Crippen molar-refractivity contribution in [2.45, 2.75) is 25.2 Å². The Labute approximate surface area is 120 Å². The van der Waals surface area contributed by atoms with Crippen LogP contribution in [-0.2, 0) is 9.59 Å². The zero-order valence-electron chi connectivity index (χ0n) is 11.3. The van der Waals surface area contributed by atoms with Crippen LogP contribution in [0.3, 0.4) is 0 Å². The lowest BCUT2D eigenvalue weighted by Crippen LogP contribution is -2.54. The molecule has 0 aliphatic heterocycles. The number of aliphatic hydroxyl groups excluding tert-OH is 1. The maximum atomic E-state index is 11.7. The smallest absolute Gasteiger partial charge is 0.341 e. The number of aromatic amines is 1. The Hall–Kier alpha value is -2.23. The quantitative estimate of drug-likeness (QED) is 0.325. The number of H-pyrrole nitrogens is 1. The van der Waals surface area contributed by atoms with E-state index in [-0.39, 0.29) is 5.69 Å². The fourth-order valence-electron chi connectivity index (χ4n) is 1.67. The maximum absolute atomic E-state index is 11.7. The summed E-state index contributed by atoms with van der Waals surface area (Å²) in [6.07, 6.45) is -2.77. The molecule has 0 aliphatic rings. The SMILES string of the molecule is CC(C(N)C(=O)NC(N)C(=O)O)C(O)c1cccc(=O)[nH]1. The number of hydrogen-bond acceptors (Lipinski definition) is 6. The van der Waals surface area contributed by atoms with Crippen LogP contribution in [0.1, 0.15) is 18.7 Å². The van der Waals surface area contributed by atoms with Crippen molar-refractivity contribution in [3.05, 3.63) is 34.2 Å². The fraction of sp³-hybridized carbons (Fsp3) is 0.417. The lowest BCUT2D eigenvalue weighted by atomic mass is 9.93. The molecule has 0 fully saturated rings. The number of hydrogen-bond donors (Lipinski definition) is 6. The van der Waals surface area contributed by atoms with E-state index >= 15 is 0 Å². The van der Waals surface area contributed by atoms with Gasteiger partial charge in [-0.1, -0.05) is 13.0 Å². The summed E-state index contributed by atoms with van der Waals surface area (Å²) in [4.78, 5) is 35.9. The van der Waals surface area contributed by atoms with Crippen LogP contribution in [0.15, 0.2) is 23.0 Å². The number of carbonyl (C=O) groups excluding carboxylic acids is 1. The average Bonchev–Trinajstić information content (AvgIpc) is 2.44. The van der Waals surface area contributed by atoms with Crippen LogP contribution in [0.5, 0.6) is 0 Å². The van der Waals surface area contributed by atoms with E-state index in [1.54, 1.807) is 0 Å². The van der Waals surface area contributed by atoms with E-state index in [0.717, 1.165) is 0 Å².